The Bertz CT molecular complexity index is 1300. The monoisotopic (exact) mass is 422 g/mol. The van der Waals surface area contributed by atoms with Crippen LogP contribution in [0.25, 0.3) is 33.3 Å². The maximum atomic E-state index is 9.96. The Morgan fingerprint density at radius 3 is 2.94 bits per heavy atom. The number of pyridine rings is 1. The molecule has 5 rings (SSSR count). The van der Waals surface area contributed by atoms with Crippen molar-refractivity contribution in [1.82, 2.24) is 14.9 Å². The molecule has 0 radical (unpaired) electrons. The highest BCUT2D eigenvalue weighted by Crippen LogP contribution is 2.30. The highest BCUT2D eigenvalue weighted by molar-refractivity contribution is 6.04. The number of aromatic amines is 1. The van der Waals surface area contributed by atoms with E-state index in [1.165, 1.54) is 25.9 Å². The van der Waals surface area contributed by atoms with Crippen LogP contribution >= 0.6 is 0 Å². The molecule has 4 aromatic rings. The number of nitrogens with zero attached hydrogens (tertiary/aromatic N) is 3. The van der Waals surface area contributed by atoms with Crippen LogP contribution in [0, 0.1) is 11.3 Å². The quantitative estimate of drug-likeness (QED) is 0.309. The molecule has 160 valence electrons. The summed E-state index contributed by atoms with van der Waals surface area (Å²) in [5.74, 6) is 0.841. The van der Waals surface area contributed by atoms with E-state index in [0.717, 1.165) is 51.5 Å². The van der Waals surface area contributed by atoms with Gasteiger partial charge in [-0.05, 0) is 73.6 Å². The zero-order valence-corrected chi connectivity index (χ0v) is 18.1. The summed E-state index contributed by atoms with van der Waals surface area (Å²) in [6, 6.07) is 16.5. The van der Waals surface area contributed by atoms with E-state index in [1.54, 1.807) is 6.20 Å². The van der Waals surface area contributed by atoms with Gasteiger partial charge in [0.2, 0.25) is 0 Å². The van der Waals surface area contributed by atoms with Crippen molar-refractivity contribution >= 4 is 33.3 Å². The molecule has 0 spiro atoms. The van der Waals surface area contributed by atoms with E-state index in [4.69, 9.17) is 4.74 Å². The zero-order chi connectivity index (χ0) is 21.8. The molecule has 0 saturated carbocycles. The number of fused-ring (bicyclic) bond motifs is 2. The van der Waals surface area contributed by atoms with Crippen LogP contribution in [0.4, 0.5) is 0 Å². The van der Waals surface area contributed by atoms with Crippen molar-refractivity contribution in [3.63, 3.8) is 0 Å². The van der Waals surface area contributed by atoms with E-state index >= 15 is 0 Å². The van der Waals surface area contributed by atoms with Crippen molar-refractivity contribution in [2.75, 3.05) is 26.2 Å². The Morgan fingerprint density at radius 1 is 1.16 bits per heavy atom. The average molecular weight is 423 g/mol. The molecule has 2 aromatic heterocycles. The average Bonchev–Trinajstić information content (AvgIpc) is 3.50. The topological polar surface area (TPSA) is 64.9 Å². The van der Waals surface area contributed by atoms with Crippen LogP contribution in [0.3, 0.4) is 0 Å². The van der Waals surface area contributed by atoms with Gasteiger partial charge in [-0.3, -0.25) is 4.98 Å². The maximum Gasteiger partial charge on any atom is 0.120 e. The molecular formula is C27H26N4O. The van der Waals surface area contributed by atoms with Gasteiger partial charge in [0, 0.05) is 47.0 Å². The second kappa shape index (κ2) is 9.25. The molecule has 3 heterocycles. The summed E-state index contributed by atoms with van der Waals surface area (Å²) in [6.07, 6.45) is 11.1. The first-order valence-corrected chi connectivity index (χ1v) is 11.2. The summed E-state index contributed by atoms with van der Waals surface area (Å²) in [6.45, 7) is 4.23. The van der Waals surface area contributed by atoms with Crippen molar-refractivity contribution in [1.29, 1.82) is 5.26 Å². The van der Waals surface area contributed by atoms with E-state index in [0.29, 0.717) is 12.2 Å². The van der Waals surface area contributed by atoms with Crippen LogP contribution in [0.2, 0.25) is 0 Å². The molecule has 5 nitrogen and oxygen atoms in total. The van der Waals surface area contributed by atoms with Crippen molar-refractivity contribution in [2.45, 2.75) is 19.3 Å². The standard InChI is InChI=1S/C27H26N4O/c28-17-22(15-20-5-3-6-21-18-29-10-9-24(20)21)26-19-30-27-8-7-23(16-25(26)27)32-14-4-13-31-11-1-2-12-31/h3,5-10,15-16,18-19,30H,1-2,4,11-14H2. The van der Waals surface area contributed by atoms with Gasteiger partial charge in [0.05, 0.1) is 18.2 Å². The van der Waals surface area contributed by atoms with Gasteiger partial charge in [0.25, 0.3) is 0 Å². The summed E-state index contributed by atoms with van der Waals surface area (Å²) in [5.41, 5.74) is 3.50. The van der Waals surface area contributed by atoms with E-state index < -0.39 is 0 Å². The lowest BCUT2D eigenvalue weighted by molar-refractivity contribution is 0.263. The summed E-state index contributed by atoms with van der Waals surface area (Å²) in [7, 11) is 0. The number of benzene rings is 2. The van der Waals surface area contributed by atoms with Crippen LogP contribution in [-0.2, 0) is 0 Å². The van der Waals surface area contributed by atoms with Gasteiger partial charge in [0.15, 0.2) is 0 Å². The number of hydrogen-bond acceptors (Lipinski definition) is 4. The van der Waals surface area contributed by atoms with Crippen molar-refractivity contribution in [3.8, 4) is 11.8 Å². The van der Waals surface area contributed by atoms with Crippen molar-refractivity contribution in [3.05, 3.63) is 72.2 Å². The van der Waals surface area contributed by atoms with Gasteiger partial charge in [-0.25, -0.2) is 0 Å². The van der Waals surface area contributed by atoms with E-state index in [9.17, 15) is 5.26 Å². The smallest absolute Gasteiger partial charge is 0.120 e. The molecule has 5 heteroatoms. The molecule has 0 atom stereocenters. The van der Waals surface area contributed by atoms with Gasteiger partial charge in [-0.1, -0.05) is 18.2 Å². The van der Waals surface area contributed by atoms with Crippen LogP contribution in [-0.4, -0.2) is 41.1 Å². The second-order valence-corrected chi connectivity index (χ2v) is 8.27. The predicted octanol–water partition coefficient (Wildman–Crippen LogP) is 5.64. The lowest BCUT2D eigenvalue weighted by Crippen LogP contribution is -2.21. The van der Waals surface area contributed by atoms with E-state index in [1.807, 2.05) is 60.9 Å². The largest absolute Gasteiger partial charge is 0.494 e. The number of H-pyrrole nitrogens is 1. The summed E-state index contributed by atoms with van der Waals surface area (Å²) in [5, 5.41) is 13.1. The number of nitriles is 1. The van der Waals surface area contributed by atoms with Crippen molar-refractivity contribution < 1.29 is 4.74 Å². The molecule has 0 aliphatic carbocycles. The minimum Gasteiger partial charge on any atom is -0.494 e. The van der Waals surface area contributed by atoms with Crippen molar-refractivity contribution in [2.24, 2.45) is 0 Å². The Hall–Kier alpha value is -3.62. The minimum atomic E-state index is 0.617. The fourth-order valence-electron chi connectivity index (χ4n) is 4.50. The third-order valence-electron chi connectivity index (χ3n) is 6.16. The maximum absolute atomic E-state index is 9.96. The minimum absolute atomic E-state index is 0.617. The van der Waals surface area contributed by atoms with Crippen LogP contribution in [0.15, 0.2) is 61.1 Å². The highest BCUT2D eigenvalue weighted by atomic mass is 16.5. The number of hydrogen-bond donors (Lipinski definition) is 1. The molecule has 1 aliphatic heterocycles. The highest BCUT2D eigenvalue weighted by Gasteiger charge is 2.12. The van der Waals surface area contributed by atoms with Gasteiger partial charge in [-0.15, -0.1) is 0 Å². The third kappa shape index (κ3) is 4.23. The van der Waals surface area contributed by atoms with E-state index in [-0.39, 0.29) is 0 Å². The molecule has 2 aromatic carbocycles. The predicted molar refractivity (Wildman–Crippen MR) is 129 cm³/mol. The van der Waals surface area contributed by atoms with E-state index in [2.05, 4.69) is 20.9 Å². The molecule has 0 unspecified atom stereocenters. The molecule has 1 saturated heterocycles. The molecule has 0 amide bonds. The molecule has 1 fully saturated rings. The normalized spacial score (nSPS) is 14.8. The fourth-order valence-corrected chi connectivity index (χ4v) is 4.50. The Morgan fingerprint density at radius 2 is 2.06 bits per heavy atom. The third-order valence-corrected chi connectivity index (χ3v) is 6.16. The zero-order valence-electron chi connectivity index (χ0n) is 18.1. The van der Waals surface area contributed by atoms with Gasteiger partial charge >= 0.3 is 0 Å². The first-order valence-electron chi connectivity index (χ1n) is 11.2. The van der Waals surface area contributed by atoms with Gasteiger partial charge in [0.1, 0.15) is 5.75 Å². The molecule has 32 heavy (non-hydrogen) atoms. The Kier molecular flexibility index (Phi) is 5.87. The van der Waals surface area contributed by atoms with Gasteiger partial charge < -0.3 is 14.6 Å². The Balaban J connectivity index is 1.39. The number of likely N-dealkylation sites (tertiary alicyclic amines) is 1. The molecule has 0 bridgehead atoms. The number of rotatable bonds is 7. The Labute approximate surface area is 188 Å². The number of aromatic nitrogens is 2. The lowest BCUT2D eigenvalue weighted by Gasteiger charge is -2.14. The molecule has 1 N–H and O–H groups in total. The second-order valence-electron chi connectivity index (χ2n) is 8.27. The summed E-state index contributed by atoms with van der Waals surface area (Å²) in [4.78, 5) is 10.00. The number of allylic oxidation sites excluding steroid dienone is 1. The summed E-state index contributed by atoms with van der Waals surface area (Å²) >= 11 is 0. The summed E-state index contributed by atoms with van der Waals surface area (Å²) < 4.78 is 6.04. The fraction of sp³-hybridized carbons (Fsp3) is 0.259. The van der Waals surface area contributed by atoms with Crippen LogP contribution in [0.1, 0.15) is 30.4 Å². The molecule has 1 aliphatic rings. The molecular weight excluding hydrogens is 396 g/mol. The van der Waals surface area contributed by atoms with Crippen LogP contribution < -0.4 is 4.74 Å². The van der Waals surface area contributed by atoms with Gasteiger partial charge in [-0.2, -0.15) is 5.26 Å². The first kappa shape index (κ1) is 20.3. The van der Waals surface area contributed by atoms with Crippen LogP contribution in [0.5, 0.6) is 5.75 Å². The number of ether oxygens (including phenoxy) is 1. The lowest BCUT2D eigenvalue weighted by atomic mass is 10.00. The number of nitrogens with one attached hydrogen (secondary N) is 1. The first-order chi connectivity index (χ1) is 15.8. The SMILES string of the molecule is N#CC(=Cc1cccc2cnccc12)c1c[nH]c2ccc(OCCCN3CCCC3)cc12.